The molecular weight excluding hydrogens is 462 g/mol. The standard InChI is InChI=1S/C27H33N3O6/c1-17-13-30(18(2)16-31)26(33)23-11-20(9-8-19(3)32)12-28-25(23)36-24(17)15-29(4)14-21-6-5-7-22(10-21)27(34)35/h5-7,10-12,17-19,24,31-32H,13-16H2,1-4H3,(H,34,35)/t17-,18+,19-,24+/m0/s1. The summed E-state index contributed by atoms with van der Waals surface area (Å²) < 4.78 is 6.28. The van der Waals surface area contributed by atoms with Gasteiger partial charge in [-0.05, 0) is 44.7 Å². The van der Waals surface area contributed by atoms with Crippen molar-refractivity contribution in [3.63, 3.8) is 0 Å². The van der Waals surface area contributed by atoms with Gasteiger partial charge in [0.05, 0.1) is 18.2 Å². The normalized spacial score (nSPS) is 19.3. The van der Waals surface area contributed by atoms with E-state index in [1.54, 1.807) is 43.0 Å². The maximum atomic E-state index is 13.4. The van der Waals surface area contributed by atoms with Crippen LogP contribution in [0.3, 0.4) is 0 Å². The van der Waals surface area contributed by atoms with E-state index in [0.29, 0.717) is 25.2 Å². The molecule has 0 spiro atoms. The number of nitrogens with zero attached hydrogens (tertiary/aromatic N) is 3. The number of carboxylic acids is 1. The zero-order valence-electron chi connectivity index (χ0n) is 21.0. The van der Waals surface area contributed by atoms with Crippen LogP contribution in [0.15, 0.2) is 36.5 Å². The van der Waals surface area contributed by atoms with Crippen molar-refractivity contribution in [2.75, 3.05) is 26.7 Å². The van der Waals surface area contributed by atoms with Crippen molar-refractivity contribution < 1.29 is 29.6 Å². The molecule has 3 N–H and O–H groups in total. The van der Waals surface area contributed by atoms with Gasteiger partial charge in [0.2, 0.25) is 5.88 Å². The smallest absolute Gasteiger partial charge is 0.335 e. The van der Waals surface area contributed by atoms with Crippen LogP contribution < -0.4 is 4.74 Å². The minimum absolute atomic E-state index is 0.0830. The molecule has 0 saturated heterocycles. The number of carbonyl (C=O) groups excluding carboxylic acids is 1. The van der Waals surface area contributed by atoms with Gasteiger partial charge in [0.1, 0.15) is 17.8 Å². The number of hydrogen-bond donors (Lipinski definition) is 3. The summed E-state index contributed by atoms with van der Waals surface area (Å²) in [4.78, 5) is 32.8. The second-order valence-electron chi connectivity index (χ2n) is 9.35. The lowest BCUT2D eigenvalue weighted by Crippen LogP contribution is -2.49. The molecule has 0 saturated carbocycles. The van der Waals surface area contributed by atoms with E-state index in [4.69, 9.17) is 4.74 Å². The lowest BCUT2D eigenvalue weighted by molar-refractivity contribution is 0.0324. The predicted molar refractivity (Wildman–Crippen MR) is 134 cm³/mol. The van der Waals surface area contributed by atoms with E-state index >= 15 is 0 Å². The number of aliphatic hydroxyl groups is 2. The molecular formula is C27H33N3O6. The molecule has 0 unspecified atom stereocenters. The molecule has 0 fully saturated rings. The number of aromatic nitrogens is 1. The van der Waals surface area contributed by atoms with Gasteiger partial charge in [-0.1, -0.05) is 30.9 Å². The number of amides is 1. The van der Waals surface area contributed by atoms with E-state index in [2.05, 4.69) is 16.8 Å². The lowest BCUT2D eigenvalue weighted by atomic mass is 9.99. The molecule has 3 rings (SSSR count). The summed E-state index contributed by atoms with van der Waals surface area (Å²) >= 11 is 0. The fraction of sp³-hybridized carbons (Fsp3) is 0.444. The van der Waals surface area contributed by atoms with Crippen molar-refractivity contribution in [1.29, 1.82) is 0 Å². The van der Waals surface area contributed by atoms with Crippen molar-refractivity contribution in [3.8, 4) is 17.7 Å². The molecule has 4 atom stereocenters. The summed E-state index contributed by atoms with van der Waals surface area (Å²) in [5.41, 5.74) is 1.82. The summed E-state index contributed by atoms with van der Waals surface area (Å²) in [6.07, 6.45) is 0.354. The van der Waals surface area contributed by atoms with Gasteiger partial charge in [-0.15, -0.1) is 0 Å². The minimum Gasteiger partial charge on any atom is -0.478 e. The number of hydrogen-bond acceptors (Lipinski definition) is 7. The maximum Gasteiger partial charge on any atom is 0.335 e. The first kappa shape index (κ1) is 27.1. The van der Waals surface area contributed by atoms with Crippen LogP contribution in [0.2, 0.25) is 0 Å². The van der Waals surface area contributed by atoms with Gasteiger partial charge in [-0.2, -0.15) is 0 Å². The molecule has 2 heterocycles. The number of rotatable bonds is 7. The second kappa shape index (κ2) is 12.0. The fourth-order valence-electron chi connectivity index (χ4n) is 4.06. The third-order valence-electron chi connectivity index (χ3n) is 6.06. The molecule has 0 aliphatic carbocycles. The van der Waals surface area contributed by atoms with Crippen LogP contribution in [-0.2, 0) is 6.54 Å². The number of aromatic carboxylic acids is 1. The summed E-state index contributed by atoms with van der Waals surface area (Å²) in [5.74, 6) is 4.29. The number of benzene rings is 1. The first-order chi connectivity index (χ1) is 17.1. The molecule has 0 radical (unpaired) electrons. The van der Waals surface area contributed by atoms with Gasteiger partial charge >= 0.3 is 5.97 Å². The average molecular weight is 496 g/mol. The van der Waals surface area contributed by atoms with Gasteiger partial charge in [0.25, 0.3) is 5.91 Å². The highest BCUT2D eigenvalue weighted by Gasteiger charge is 2.34. The third kappa shape index (κ3) is 6.82. The number of pyridine rings is 1. The van der Waals surface area contributed by atoms with Crippen LogP contribution >= 0.6 is 0 Å². The van der Waals surface area contributed by atoms with Gasteiger partial charge in [-0.25, -0.2) is 9.78 Å². The Morgan fingerprint density at radius 3 is 2.75 bits per heavy atom. The van der Waals surface area contributed by atoms with Crippen LogP contribution in [-0.4, -0.2) is 87.0 Å². The molecule has 1 aliphatic rings. The summed E-state index contributed by atoms with van der Waals surface area (Å²) in [7, 11) is 1.92. The third-order valence-corrected chi connectivity index (χ3v) is 6.06. The Hall–Kier alpha value is -3.45. The monoisotopic (exact) mass is 495 g/mol. The molecule has 1 aromatic heterocycles. The van der Waals surface area contributed by atoms with Crippen LogP contribution in [0.4, 0.5) is 0 Å². The maximum absolute atomic E-state index is 13.4. The Bertz CT molecular complexity index is 1160. The topological polar surface area (TPSA) is 123 Å². The first-order valence-electron chi connectivity index (χ1n) is 11.9. The molecule has 9 nitrogen and oxygen atoms in total. The van der Waals surface area contributed by atoms with Crippen molar-refractivity contribution >= 4 is 11.9 Å². The number of aliphatic hydroxyl groups excluding tert-OH is 2. The average Bonchev–Trinajstić information content (AvgIpc) is 2.84. The number of fused-ring (bicyclic) bond motifs is 1. The molecule has 0 bridgehead atoms. The highest BCUT2D eigenvalue weighted by Crippen LogP contribution is 2.27. The number of likely N-dealkylation sites (N-methyl/N-ethyl adjacent to an activating group) is 1. The highest BCUT2D eigenvalue weighted by atomic mass is 16.5. The minimum atomic E-state index is -0.973. The molecule has 1 aromatic carbocycles. The second-order valence-corrected chi connectivity index (χ2v) is 9.35. The zero-order chi connectivity index (χ0) is 26.4. The summed E-state index contributed by atoms with van der Waals surface area (Å²) in [6.45, 7) is 6.52. The van der Waals surface area contributed by atoms with E-state index in [0.717, 1.165) is 5.56 Å². The van der Waals surface area contributed by atoms with Crippen LogP contribution in [0, 0.1) is 17.8 Å². The molecule has 1 aliphatic heterocycles. The van der Waals surface area contributed by atoms with Crippen LogP contribution in [0.25, 0.3) is 0 Å². The highest BCUT2D eigenvalue weighted by molar-refractivity contribution is 5.97. The van der Waals surface area contributed by atoms with Gasteiger partial charge < -0.3 is 25.0 Å². The van der Waals surface area contributed by atoms with Crippen LogP contribution in [0.5, 0.6) is 5.88 Å². The molecule has 9 heteroatoms. The fourth-order valence-corrected chi connectivity index (χ4v) is 4.06. The Balaban J connectivity index is 1.89. The summed E-state index contributed by atoms with van der Waals surface area (Å²) in [6, 6.07) is 8.00. The van der Waals surface area contributed by atoms with Crippen molar-refractivity contribution in [3.05, 3.63) is 58.8 Å². The first-order valence-corrected chi connectivity index (χ1v) is 11.9. The van der Waals surface area contributed by atoms with E-state index in [1.807, 2.05) is 24.9 Å². The predicted octanol–water partition coefficient (Wildman–Crippen LogP) is 1.86. The Morgan fingerprint density at radius 2 is 2.08 bits per heavy atom. The lowest BCUT2D eigenvalue weighted by Gasteiger charge is -2.37. The largest absolute Gasteiger partial charge is 0.478 e. The Morgan fingerprint density at radius 1 is 1.33 bits per heavy atom. The van der Waals surface area contributed by atoms with Gasteiger partial charge in [0, 0.05) is 37.3 Å². The summed E-state index contributed by atoms with van der Waals surface area (Å²) in [5, 5.41) is 28.5. The SMILES string of the molecule is C[C@H](O)C#Cc1cnc2c(c1)C(=O)N([C@H](C)CO)C[C@H](C)[C@@H](CN(C)Cc1cccc(C(=O)O)c1)O2. The van der Waals surface area contributed by atoms with Crippen LogP contribution in [0.1, 0.15) is 52.6 Å². The van der Waals surface area contributed by atoms with E-state index in [-0.39, 0.29) is 41.5 Å². The van der Waals surface area contributed by atoms with Gasteiger partial charge in [-0.3, -0.25) is 9.69 Å². The van der Waals surface area contributed by atoms with E-state index in [9.17, 15) is 24.9 Å². The quantitative estimate of drug-likeness (QED) is 0.498. The molecule has 1 amide bonds. The van der Waals surface area contributed by atoms with Crippen molar-refractivity contribution in [1.82, 2.24) is 14.8 Å². The van der Waals surface area contributed by atoms with Crippen molar-refractivity contribution in [2.24, 2.45) is 5.92 Å². The van der Waals surface area contributed by atoms with Gasteiger partial charge in [0.15, 0.2) is 0 Å². The Labute approximate surface area is 211 Å². The van der Waals surface area contributed by atoms with E-state index in [1.165, 1.54) is 6.20 Å². The number of carboxylic acid groups (broad SMARTS) is 1. The zero-order valence-corrected chi connectivity index (χ0v) is 21.0. The molecule has 2 aromatic rings. The van der Waals surface area contributed by atoms with E-state index < -0.39 is 18.1 Å². The Kier molecular flexibility index (Phi) is 9.04. The molecule has 192 valence electrons. The van der Waals surface area contributed by atoms with Crippen molar-refractivity contribution in [2.45, 2.75) is 45.6 Å². The number of ether oxygens (including phenoxy) is 1. The molecule has 36 heavy (non-hydrogen) atoms. The number of carbonyl (C=O) groups is 2.